The van der Waals surface area contributed by atoms with Gasteiger partial charge in [-0.2, -0.15) is 0 Å². The molecule has 13 heavy (non-hydrogen) atoms. The molecule has 0 saturated heterocycles. The van der Waals surface area contributed by atoms with Crippen LogP contribution in [0.3, 0.4) is 0 Å². The molecule has 78 valence electrons. The van der Waals surface area contributed by atoms with Gasteiger partial charge < -0.3 is 0 Å². The van der Waals surface area contributed by atoms with Crippen LogP contribution in [-0.2, 0) is 11.3 Å². The molecule has 0 aromatic rings. The van der Waals surface area contributed by atoms with Gasteiger partial charge in [-0.25, -0.2) is 0 Å². The minimum atomic E-state index is -2.94. The molecule has 4 heteroatoms. The molecule has 0 atom stereocenters. The second-order valence-electron chi connectivity index (χ2n) is 2.47. The van der Waals surface area contributed by atoms with Crippen LogP contribution in [0.15, 0.2) is 12.7 Å². The molecule has 0 aromatic heterocycles. The molecule has 0 heterocycles. The van der Waals surface area contributed by atoms with Gasteiger partial charge in [0.25, 0.3) is 0 Å². The van der Waals surface area contributed by atoms with Crippen LogP contribution in [0.5, 0.6) is 0 Å². The van der Waals surface area contributed by atoms with Gasteiger partial charge >= 0.3 is 84.1 Å². The van der Waals surface area contributed by atoms with Gasteiger partial charge in [-0.15, -0.1) is 0 Å². The summed E-state index contributed by atoms with van der Waals surface area (Å²) in [6, 6.07) is 0. The maximum atomic E-state index is 5.62. The fraction of sp³-hybridized carbons (Fsp3) is 0.778. The van der Waals surface area contributed by atoms with Crippen molar-refractivity contribution < 1.29 is 11.3 Å². The Morgan fingerprint density at radius 2 is 1.38 bits per heavy atom. The second-order valence-corrected chi connectivity index (χ2v) is 8.01. The molecular formula is C9H20GeO3. The molecule has 0 aliphatic carbocycles. The summed E-state index contributed by atoms with van der Waals surface area (Å²) in [4.78, 5) is 0. The molecular weight excluding hydrogens is 229 g/mol. The van der Waals surface area contributed by atoms with Crippen molar-refractivity contribution in [2.45, 2.75) is 26.0 Å². The van der Waals surface area contributed by atoms with Crippen molar-refractivity contribution in [2.24, 2.45) is 0 Å². The minimum absolute atomic E-state index is 0.647. The molecule has 0 saturated carbocycles. The predicted molar refractivity (Wildman–Crippen MR) is 55.6 cm³/mol. The number of rotatable bonds is 8. The van der Waals surface area contributed by atoms with E-state index >= 15 is 0 Å². The summed E-state index contributed by atoms with van der Waals surface area (Å²) in [6.45, 7) is 11.5. The molecule has 0 aliphatic rings. The zero-order valence-electron chi connectivity index (χ0n) is 8.84. The number of hydrogen-bond donors (Lipinski definition) is 0. The van der Waals surface area contributed by atoms with Crippen LogP contribution < -0.4 is 0 Å². The Hall–Kier alpha value is 0.163. The monoisotopic (exact) mass is 250 g/mol. The third-order valence-electron chi connectivity index (χ3n) is 1.49. The fourth-order valence-corrected chi connectivity index (χ4v) is 5.91. The van der Waals surface area contributed by atoms with Crippen molar-refractivity contribution in [2.75, 3.05) is 19.8 Å². The quantitative estimate of drug-likeness (QED) is 0.487. The molecule has 0 aromatic carbocycles. The van der Waals surface area contributed by atoms with E-state index in [9.17, 15) is 0 Å². The van der Waals surface area contributed by atoms with E-state index < -0.39 is 14.3 Å². The van der Waals surface area contributed by atoms with E-state index in [1.54, 1.807) is 0 Å². The topological polar surface area (TPSA) is 27.7 Å². The van der Waals surface area contributed by atoms with Crippen LogP contribution in [0.4, 0.5) is 0 Å². The Kier molecular flexibility index (Phi) is 7.65. The van der Waals surface area contributed by atoms with E-state index in [-0.39, 0.29) is 0 Å². The predicted octanol–water partition coefficient (Wildman–Crippen LogP) is 2.22. The number of hydrogen-bond acceptors (Lipinski definition) is 3. The summed E-state index contributed by atoms with van der Waals surface area (Å²) in [5.74, 6) is 0. The first-order valence-electron chi connectivity index (χ1n) is 4.77. The van der Waals surface area contributed by atoms with Crippen LogP contribution in [0, 0.1) is 0 Å². The maximum absolute atomic E-state index is 5.62. The molecule has 0 fully saturated rings. The molecule has 0 aliphatic heterocycles. The van der Waals surface area contributed by atoms with Gasteiger partial charge in [0, 0.05) is 0 Å². The van der Waals surface area contributed by atoms with E-state index in [1.165, 1.54) is 0 Å². The van der Waals surface area contributed by atoms with E-state index in [1.807, 2.05) is 26.8 Å². The summed E-state index contributed by atoms with van der Waals surface area (Å²) in [7, 11) is 0. The average Bonchev–Trinajstić information content (AvgIpc) is 2.06. The third-order valence-corrected chi connectivity index (χ3v) is 7.73. The molecule has 0 N–H and O–H groups in total. The van der Waals surface area contributed by atoms with Gasteiger partial charge in [-0.05, 0) is 0 Å². The summed E-state index contributed by atoms with van der Waals surface area (Å²) in [5.41, 5.74) is 0. The third kappa shape index (κ3) is 4.81. The number of allylic oxidation sites excluding steroid dienone is 1. The Balaban J connectivity index is 4.27. The second kappa shape index (κ2) is 7.56. The first-order chi connectivity index (χ1) is 6.24. The van der Waals surface area contributed by atoms with Crippen molar-refractivity contribution in [3.8, 4) is 0 Å². The van der Waals surface area contributed by atoms with Crippen LogP contribution in [0.25, 0.3) is 0 Å². The van der Waals surface area contributed by atoms with E-state index in [2.05, 4.69) is 6.58 Å². The summed E-state index contributed by atoms with van der Waals surface area (Å²) < 4.78 is 16.9. The van der Waals surface area contributed by atoms with Gasteiger partial charge in [-0.1, -0.05) is 0 Å². The van der Waals surface area contributed by atoms with Crippen LogP contribution in [0.2, 0.25) is 5.25 Å². The molecule has 0 spiro atoms. The molecule has 3 nitrogen and oxygen atoms in total. The molecule has 0 unspecified atom stereocenters. The van der Waals surface area contributed by atoms with Crippen molar-refractivity contribution in [3.63, 3.8) is 0 Å². The van der Waals surface area contributed by atoms with Crippen LogP contribution in [-0.4, -0.2) is 34.1 Å². The van der Waals surface area contributed by atoms with Crippen molar-refractivity contribution >= 4 is 14.3 Å². The SMILES string of the molecule is C=C[CH2][Ge]([O]CC)([O]CC)[O]CC. The molecule has 0 rings (SSSR count). The van der Waals surface area contributed by atoms with Crippen LogP contribution in [0.1, 0.15) is 20.8 Å². The molecule has 0 radical (unpaired) electrons. The van der Waals surface area contributed by atoms with E-state index in [4.69, 9.17) is 11.3 Å². The van der Waals surface area contributed by atoms with Crippen molar-refractivity contribution in [3.05, 3.63) is 12.7 Å². The first-order valence-corrected chi connectivity index (χ1v) is 8.82. The first kappa shape index (κ1) is 13.2. The average molecular weight is 249 g/mol. The fourth-order valence-electron chi connectivity index (χ4n) is 1.14. The standard InChI is InChI=1S/C9H20GeO3/c1-5-9-10(11-6-2,12-7-3)13-8-4/h5H,1,6-9H2,2-4H3. The van der Waals surface area contributed by atoms with Crippen LogP contribution >= 0.6 is 0 Å². The van der Waals surface area contributed by atoms with Gasteiger partial charge in [0.15, 0.2) is 0 Å². The van der Waals surface area contributed by atoms with Gasteiger partial charge in [0.2, 0.25) is 0 Å². The Morgan fingerprint density at radius 3 is 1.62 bits per heavy atom. The Bertz CT molecular complexity index is 122. The normalized spacial score (nSPS) is 11.6. The van der Waals surface area contributed by atoms with Crippen molar-refractivity contribution in [1.82, 2.24) is 0 Å². The zero-order chi connectivity index (χ0) is 10.2. The van der Waals surface area contributed by atoms with Gasteiger partial charge in [0.1, 0.15) is 0 Å². The molecule has 0 amide bonds. The van der Waals surface area contributed by atoms with Gasteiger partial charge in [-0.3, -0.25) is 0 Å². The van der Waals surface area contributed by atoms with Crippen molar-refractivity contribution in [1.29, 1.82) is 0 Å². The molecule has 0 bridgehead atoms. The Labute approximate surface area is 84.4 Å². The summed E-state index contributed by atoms with van der Waals surface area (Å²) >= 11 is -2.94. The van der Waals surface area contributed by atoms with Gasteiger partial charge in [0.05, 0.1) is 0 Å². The summed E-state index contributed by atoms with van der Waals surface area (Å²) in [6.07, 6.45) is 1.82. The van der Waals surface area contributed by atoms with E-state index in [0.29, 0.717) is 19.8 Å². The Morgan fingerprint density at radius 1 is 1.00 bits per heavy atom. The zero-order valence-corrected chi connectivity index (χ0v) is 10.9. The summed E-state index contributed by atoms with van der Waals surface area (Å²) in [5, 5.41) is 0.732. The van der Waals surface area contributed by atoms with E-state index in [0.717, 1.165) is 5.25 Å².